The minimum Gasteiger partial charge on any atom is -0.618 e. The van der Waals surface area contributed by atoms with Gasteiger partial charge in [-0.15, -0.1) is 0 Å². The molecule has 2 atom stereocenters. The van der Waals surface area contributed by atoms with E-state index in [2.05, 4.69) is 4.90 Å². The van der Waals surface area contributed by atoms with E-state index in [9.17, 15) is 10.0 Å². The third kappa shape index (κ3) is 3.34. The quantitative estimate of drug-likeness (QED) is 0.490. The van der Waals surface area contributed by atoms with E-state index in [-0.39, 0.29) is 5.91 Å². The lowest BCUT2D eigenvalue weighted by molar-refractivity contribution is -0.645. The van der Waals surface area contributed by atoms with Crippen molar-refractivity contribution in [2.75, 3.05) is 12.3 Å². The number of piperidine rings is 1. The van der Waals surface area contributed by atoms with Gasteiger partial charge in [0.15, 0.2) is 6.20 Å². The molecule has 0 spiro atoms. The van der Waals surface area contributed by atoms with Crippen molar-refractivity contribution in [1.82, 2.24) is 4.90 Å². The molecule has 1 aromatic heterocycles. The van der Waals surface area contributed by atoms with E-state index in [1.807, 2.05) is 6.07 Å². The maximum absolute atomic E-state index is 12.5. The van der Waals surface area contributed by atoms with Crippen LogP contribution in [0.1, 0.15) is 38.5 Å². The number of hydrogen-bond acceptors (Lipinski definition) is 3. The van der Waals surface area contributed by atoms with E-state index in [1.54, 1.807) is 12.1 Å². The Kier molecular flexibility index (Phi) is 4.68. The second kappa shape index (κ2) is 6.69. The van der Waals surface area contributed by atoms with Crippen LogP contribution in [0.15, 0.2) is 29.4 Å². The fraction of sp³-hybridized carbons (Fsp3) is 0.625. The molecule has 5 heteroatoms. The van der Waals surface area contributed by atoms with E-state index in [0.717, 1.165) is 24.1 Å². The number of rotatable bonds is 3. The second-order valence-electron chi connectivity index (χ2n) is 5.99. The molecule has 2 aliphatic rings. The smallest absolute Gasteiger partial charge is 0.251 e. The van der Waals surface area contributed by atoms with Gasteiger partial charge in [0.25, 0.3) is 5.03 Å². The Morgan fingerprint density at radius 1 is 1.29 bits per heavy atom. The zero-order chi connectivity index (χ0) is 14.7. The van der Waals surface area contributed by atoms with Crippen LogP contribution < -0.4 is 4.73 Å². The van der Waals surface area contributed by atoms with Crippen molar-refractivity contribution in [1.29, 1.82) is 0 Å². The maximum Gasteiger partial charge on any atom is 0.251 e. The van der Waals surface area contributed by atoms with Crippen LogP contribution >= 0.6 is 11.8 Å². The first-order chi connectivity index (χ1) is 10.3. The molecule has 2 fully saturated rings. The molecule has 3 rings (SSSR count). The molecule has 1 aliphatic heterocycles. The van der Waals surface area contributed by atoms with Crippen molar-refractivity contribution in [2.45, 2.75) is 49.6 Å². The van der Waals surface area contributed by atoms with E-state index in [0.29, 0.717) is 22.7 Å². The largest absolute Gasteiger partial charge is 0.618 e. The minimum atomic E-state index is 0.195. The summed E-state index contributed by atoms with van der Waals surface area (Å²) in [5, 5.41) is 12.2. The Labute approximate surface area is 130 Å². The Morgan fingerprint density at radius 2 is 2.10 bits per heavy atom. The van der Waals surface area contributed by atoms with E-state index in [1.165, 1.54) is 43.6 Å². The lowest BCUT2D eigenvalue weighted by Crippen LogP contribution is -2.50. The summed E-state index contributed by atoms with van der Waals surface area (Å²) in [6.45, 7) is 0.896. The highest BCUT2D eigenvalue weighted by atomic mass is 32.2. The summed E-state index contributed by atoms with van der Waals surface area (Å²) in [6, 6.07) is 5.76. The SMILES string of the molecule is O=C(CSc1cccc[n+]1[O-])N1CCC[C@H]2CCCC[C@H]21. The number of fused-ring (bicyclic) bond motifs is 1. The number of pyridine rings is 1. The van der Waals surface area contributed by atoms with Crippen LogP contribution in [-0.4, -0.2) is 29.1 Å². The van der Waals surface area contributed by atoms with Gasteiger partial charge >= 0.3 is 0 Å². The number of carbonyl (C=O) groups excluding carboxylic acids is 1. The van der Waals surface area contributed by atoms with E-state index < -0.39 is 0 Å². The number of thioether (sulfide) groups is 1. The zero-order valence-electron chi connectivity index (χ0n) is 12.2. The molecule has 0 radical (unpaired) electrons. The number of aromatic nitrogens is 1. The summed E-state index contributed by atoms with van der Waals surface area (Å²) in [4.78, 5) is 14.6. The number of nitrogens with zero attached hydrogens (tertiary/aromatic N) is 2. The van der Waals surface area contributed by atoms with Crippen molar-refractivity contribution < 1.29 is 9.52 Å². The molecule has 1 aliphatic carbocycles. The molecule has 0 N–H and O–H groups in total. The van der Waals surface area contributed by atoms with Gasteiger partial charge in [0.05, 0.1) is 5.75 Å². The Hall–Kier alpha value is -1.23. The molecule has 114 valence electrons. The third-order valence-corrected chi connectivity index (χ3v) is 5.70. The molecule has 1 saturated heterocycles. The minimum absolute atomic E-state index is 0.195. The first-order valence-electron chi connectivity index (χ1n) is 7.86. The molecule has 0 unspecified atom stereocenters. The van der Waals surface area contributed by atoms with Gasteiger partial charge in [-0.05, 0) is 49.4 Å². The van der Waals surface area contributed by atoms with E-state index >= 15 is 0 Å². The van der Waals surface area contributed by atoms with Gasteiger partial charge in [0.2, 0.25) is 5.91 Å². The van der Waals surface area contributed by atoms with Crippen LogP contribution in [0.5, 0.6) is 0 Å². The summed E-state index contributed by atoms with van der Waals surface area (Å²) in [7, 11) is 0. The van der Waals surface area contributed by atoms with Crippen molar-refractivity contribution in [3.63, 3.8) is 0 Å². The average molecular weight is 306 g/mol. The molecular weight excluding hydrogens is 284 g/mol. The van der Waals surface area contributed by atoms with Gasteiger partial charge in [-0.1, -0.05) is 12.8 Å². The van der Waals surface area contributed by atoms with Crippen LogP contribution in [0.25, 0.3) is 0 Å². The highest BCUT2D eigenvalue weighted by Gasteiger charge is 2.35. The summed E-state index contributed by atoms with van der Waals surface area (Å²) in [5.41, 5.74) is 0. The summed E-state index contributed by atoms with van der Waals surface area (Å²) >= 11 is 1.35. The maximum atomic E-state index is 12.5. The number of carbonyl (C=O) groups is 1. The molecule has 1 amide bonds. The van der Waals surface area contributed by atoms with Gasteiger partial charge in [-0.25, -0.2) is 0 Å². The van der Waals surface area contributed by atoms with E-state index in [4.69, 9.17) is 0 Å². The zero-order valence-corrected chi connectivity index (χ0v) is 13.1. The first-order valence-corrected chi connectivity index (χ1v) is 8.85. The predicted molar refractivity (Wildman–Crippen MR) is 82.8 cm³/mol. The van der Waals surface area contributed by atoms with Crippen LogP contribution in [0.4, 0.5) is 0 Å². The normalized spacial score (nSPS) is 25.4. The second-order valence-corrected chi connectivity index (χ2v) is 6.99. The lowest BCUT2D eigenvalue weighted by atomic mass is 9.78. The molecule has 1 saturated carbocycles. The Bertz CT molecular complexity index is 507. The fourth-order valence-corrected chi connectivity index (χ4v) is 4.48. The molecule has 0 aromatic carbocycles. The molecule has 4 nitrogen and oxygen atoms in total. The fourth-order valence-electron chi connectivity index (χ4n) is 3.68. The Balaban J connectivity index is 1.60. The number of amides is 1. The highest BCUT2D eigenvalue weighted by Crippen LogP contribution is 2.35. The van der Waals surface area contributed by atoms with Crippen molar-refractivity contribution in [3.05, 3.63) is 29.6 Å². The topological polar surface area (TPSA) is 47.2 Å². The highest BCUT2D eigenvalue weighted by molar-refractivity contribution is 7.99. The van der Waals surface area contributed by atoms with Crippen molar-refractivity contribution in [2.24, 2.45) is 5.92 Å². The first kappa shape index (κ1) is 14.7. The standard InChI is InChI=1S/C16H22N2O2S/c19-15(12-21-16-9-3-4-11-18(16)20)17-10-5-7-13-6-1-2-8-14(13)17/h3-4,9,11,13-14H,1-2,5-8,10,12H2/t13-,14-/m1/s1. The summed E-state index contributed by atoms with van der Waals surface area (Å²) < 4.78 is 0.831. The van der Waals surface area contributed by atoms with Crippen LogP contribution in [0, 0.1) is 11.1 Å². The number of hydrogen-bond donors (Lipinski definition) is 0. The molecular formula is C16H22N2O2S. The summed E-state index contributed by atoms with van der Waals surface area (Å²) in [6.07, 6.45) is 8.89. The van der Waals surface area contributed by atoms with Crippen LogP contribution in [0.2, 0.25) is 0 Å². The average Bonchev–Trinajstić information content (AvgIpc) is 2.53. The monoisotopic (exact) mass is 306 g/mol. The van der Waals surface area contributed by atoms with Crippen molar-refractivity contribution in [3.8, 4) is 0 Å². The van der Waals surface area contributed by atoms with Gasteiger partial charge in [0.1, 0.15) is 0 Å². The van der Waals surface area contributed by atoms with Gasteiger partial charge in [-0.2, -0.15) is 4.73 Å². The Morgan fingerprint density at radius 3 is 2.95 bits per heavy atom. The molecule has 1 aromatic rings. The molecule has 2 heterocycles. The lowest BCUT2D eigenvalue weighted by Gasteiger charge is -2.44. The van der Waals surface area contributed by atoms with Gasteiger partial charge in [0, 0.05) is 24.7 Å². The van der Waals surface area contributed by atoms with Gasteiger partial charge < -0.3 is 10.1 Å². The number of likely N-dealkylation sites (tertiary alicyclic amines) is 1. The molecule has 0 bridgehead atoms. The van der Waals surface area contributed by atoms with Crippen LogP contribution in [0.3, 0.4) is 0 Å². The van der Waals surface area contributed by atoms with Crippen molar-refractivity contribution >= 4 is 17.7 Å². The third-order valence-electron chi connectivity index (χ3n) is 4.70. The summed E-state index contributed by atoms with van der Waals surface area (Å²) in [5.74, 6) is 1.28. The van der Waals surface area contributed by atoms with Gasteiger partial charge in [-0.3, -0.25) is 4.79 Å². The van der Waals surface area contributed by atoms with Crippen LogP contribution in [-0.2, 0) is 4.79 Å². The molecule has 21 heavy (non-hydrogen) atoms. The predicted octanol–water partition coefficient (Wildman–Crippen LogP) is 2.59.